The third kappa shape index (κ3) is 3.26. The molecule has 1 unspecified atom stereocenters. The van der Waals surface area contributed by atoms with Gasteiger partial charge in [0.15, 0.2) is 0 Å². The van der Waals surface area contributed by atoms with Crippen molar-refractivity contribution in [2.24, 2.45) is 5.84 Å². The zero-order chi connectivity index (χ0) is 13.0. The zero-order valence-electron chi connectivity index (χ0n) is 9.57. The van der Waals surface area contributed by atoms with Crippen LogP contribution in [0, 0.1) is 5.82 Å². The lowest BCUT2D eigenvalue weighted by Gasteiger charge is -2.15. The molecule has 0 amide bonds. The van der Waals surface area contributed by atoms with Crippen molar-refractivity contribution in [1.82, 2.24) is 10.4 Å². The molecule has 0 aliphatic heterocycles. The van der Waals surface area contributed by atoms with Crippen molar-refractivity contribution in [3.8, 4) is 0 Å². The Balaban J connectivity index is 2.08. The summed E-state index contributed by atoms with van der Waals surface area (Å²) in [6.07, 6.45) is 3.00. The van der Waals surface area contributed by atoms with Crippen LogP contribution in [0.25, 0.3) is 0 Å². The molecule has 3 N–H and O–H groups in total. The molecule has 2 aromatic rings. The van der Waals surface area contributed by atoms with Crippen molar-refractivity contribution in [2.45, 2.75) is 18.9 Å². The van der Waals surface area contributed by atoms with E-state index < -0.39 is 0 Å². The largest absolute Gasteiger partial charge is 0.271 e. The second-order valence-corrected chi connectivity index (χ2v) is 5.33. The number of aromatic nitrogens is 1. The van der Waals surface area contributed by atoms with E-state index in [1.165, 1.54) is 6.07 Å². The first-order valence-corrected chi connectivity index (χ1v) is 6.73. The van der Waals surface area contributed by atoms with Gasteiger partial charge in [-0.1, -0.05) is 23.7 Å². The highest BCUT2D eigenvalue weighted by atomic mass is 35.5. The number of rotatable bonds is 5. The summed E-state index contributed by atoms with van der Waals surface area (Å²) in [4.78, 5) is 5.11. The first-order valence-electron chi connectivity index (χ1n) is 5.47. The Bertz CT molecular complexity index is 504. The van der Waals surface area contributed by atoms with Gasteiger partial charge in [0.1, 0.15) is 5.82 Å². The molecule has 3 nitrogen and oxygen atoms in total. The summed E-state index contributed by atoms with van der Waals surface area (Å²) in [5.74, 6) is 5.13. The molecular weight excluding hydrogens is 273 g/mol. The van der Waals surface area contributed by atoms with Gasteiger partial charge in [0, 0.05) is 23.5 Å². The molecule has 6 heteroatoms. The maximum Gasteiger partial charge on any atom is 0.145 e. The Kier molecular flexibility index (Phi) is 4.66. The fourth-order valence-corrected chi connectivity index (χ4v) is 2.62. The number of hydrogen-bond donors (Lipinski definition) is 2. The first kappa shape index (κ1) is 13.4. The monoisotopic (exact) mass is 285 g/mol. The molecule has 0 radical (unpaired) electrons. The van der Waals surface area contributed by atoms with Crippen LogP contribution in [0.1, 0.15) is 10.4 Å². The molecule has 1 heterocycles. The first-order chi connectivity index (χ1) is 8.70. The maximum atomic E-state index is 13.8. The SMILES string of the molecule is NNC(Cc1cncs1)Cc1cccc(Cl)c1F. The number of hydrogen-bond acceptors (Lipinski definition) is 4. The van der Waals surface area contributed by atoms with Gasteiger partial charge in [-0.25, -0.2) is 4.39 Å². The molecule has 0 aliphatic rings. The molecule has 0 bridgehead atoms. The highest BCUT2D eigenvalue weighted by molar-refractivity contribution is 7.09. The molecule has 0 fully saturated rings. The van der Waals surface area contributed by atoms with Crippen LogP contribution in [0.15, 0.2) is 29.9 Å². The predicted octanol–water partition coefficient (Wildman–Crippen LogP) is 2.55. The van der Waals surface area contributed by atoms with E-state index in [1.807, 2.05) is 0 Å². The number of thiazole rings is 1. The van der Waals surface area contributed by atoms with Gasteiger partial charge < -0.3 is 0 Å². The van der Waals surface area contributed by atoms with Crippen LogP contribution in [-0.4, -0.2) is 11.0 Å². The second-order valence-electron chi connectivity index (χ2n) is 3.95. The fourth-order valence-electron chi connectivity index (χ4n) is 1.75. The smallest absolute Gasteiger partial charge is 0.145 e. The number of nitrogens with two attached hydrogens (primary N) is 1. The van der Waals surface area contributed by atoms with E-state index >= 15 is 0 Å². The van der Waals surface area contributed by atoms with E-state index in [2.05, 4.69) is 10.4 Å². The summed E-state index contributed by atoms with van der Waals surface area (Å²) < 4.78 is 13.8. The van der Waals surface area contributed by atoms with Crippen molar-refractivity contribution < 1.29 is 4.39 Å². The van der Waals surface area contributed by atoms with Crippen molar-refractivity contribution in [3.63, 3.8) is 0 Å². The van der Waals surface area contributed by atoms with E-state index in [4.69, 9.17) is 17.4 Å². The summed E-state index contributed by atoms with van der Waals surface area (Å²) in [5, 5.41) is 0.140. The summed E-state index contributed by atoms with van der Waals surface area (Å²) >= 11 is 7.31. The maximum absolute atomic E-state index is 13.8. The Morgan fingerprint density at radius 3 is 2.94 bits per heavy atom. The van der Waals surface area contributed by atoms with Gasteiger partial charge in [-0.2, -0.15) is 0 Å². The minimum atomic E-state index is -0.372. The van der Waals surface area contributed by atoms with Gasteiger partial charge in [0.05, 0.1) is 10.5 Å². The summed E-state index contributed by atoms with van der Waals surface area (Å²) in [6, 6.07) is 4.95. The van der Waals surface area contributed by atoms with Crippen molar-refractivity contribution in [3.05, 3.63) is 51.2 Å². The van der Waals surface area contributed by atoms with Gasteiger partial charge in [0.25, 0.3) is 0 Å². The number of halogens is 2. The molecule has 18 heavy (non-hydrogen) atoms. The van der Waals surface area contributed by atoms with E-state index in [0.29, 0.717) is 18.4 Å². The van der Waals surface area contributed by atoms with Crippen LogP contribution in [0.2, 0.25) is 5.02 Å². The lowest BCUT2D eigenvalue weighted by molar-refractivity contribution is 0.509. The molecule has 0 aliphatic carbocycles. The summed E-state index contributed by atoms with van der Waals surface area (Å²) in [5.41, 5.74) is 5.04. The molecule has 0 spiro atoms. The Hall–Kier alpha value is -1.01. The fraction of sp³-hybridized carbons (Fsp3) is 0.250. The standard InChI is InChI=1S/C12H13ClFN3S/c13-11-3-1-2-8(12(11)14)4-9(17-15)5-10-6-16-7-18-10/h1-3,6-7,9,17H,4-5,15H2. The van der Waals surface area contributed by atoms with Crippen LogP contribution in [-0.2, 0) is 12.8 Å². The third-order valence-electron chi connectivity index (χ3n) is 2.66. The van der Waals surface area contributed by atoms with E-state index in [1.54, 1.807) is 35.2 Å². The molecule has 0 saturated carbocycles. The van der Waals surface area contributed by atoms with Crippen molar-refractivity contribution >= 4 is 22.9 Å². The quantitative estimate of drug-likeness (QED) is 0.656. The minimum Gasteiger partial charge on any atom is -0.271 e. The third-order valence-corrected chi connectivity index (χ3v) is 3.76. The molecule has 1 aromatic carbocycles. The van der Waals surface area contributed by atoms with Crippen molar-refractivity contribution in [2.75, 3.05) is 0 Å². The van der Waals surface area contributed by atoms with Crippen LogP contribution in [0.4, 0.5) is 4.39 Å². The average molecular weight is 286 g/mol. The number of benzene rings is 1. The number of hydrazine groups is 1. The van der Waals surface area contributed by atoms with Crippen LogP contribution in [0.5, 0.6) is 0 Å². The minimum absolute atomic E-state index is 0.0431. The highest BCUT2D eigenvalue weighted by Gasteiger charge is 2.14. The van der Waals surface area contributed by atoms with Crippen LogP contribution >= 0.6 is 22.9 Å². The molecule has 1 aromatic heterocycles. The Morgan fingerprint density at radius 2 is 2.28 bits per heavy atom. The normalized spacial score (nSPS) is 12.6. The Morgan fingerprint density at radius 1 is 1.44 bits per heavy atom. The number of nitrogens with one attached hydrogen (secondary N) is 1. The molecule has 1 atom stereocenters. The van der Waals surface area contributed by atoms with Gasteiger partial charge >= 0.3 is 0 Å². The van der Waals surface area contributed by atoms with Gasteiger partial charge in [-0.3, -0.25) is 16.3 Å². The van der Waals surface area contributed by atoms with Crippen LogP contribution in [0.3, 0.4) is 0 Å². The molecule has 2 rings (SSSR count). The topological polar surface area (TPSA) is 50.9 Å². The van der Waals surface area contributed by atoms with Crippen LogP contribution < -0.4 is 11.3 Å². The Labute approximate surface area is 114 Å². The average Bonchev–Trinajstić information content (AvgIpc) is 2.86. The van der Waals surface area contributed by atoms with Gasteiger partial charge in [0.2, 0.25) is 0 Å². The zero-order valence-corrected chi connectivity index (χ0v) is 11.1. The van der Waals surface area contributed by atoms with Gasteiger partial charge in [-0.15, -0.1) is 11.3 Å². The van der Waals surface area contributed by atoms with E-state index in [9.17, 15) is 4.39 Å². The number of nitrogens with zero attached hydrogens (tertiary/aromatic N) is 1. The lowest BCUT2D eigenvalue weighted by atomic mass is 10.0. The van der Waals surface area contributed by atoms with E-state index in [0.717, 1.165) is 4.88 Å². The van der Waals surface area contributed by atoms with Gasteiger partial charge in [-0.05, 0) is 18.1 Å². The predicted molar refractivity (Wildman–Crippen MR) is 72.0 cm³/mol. The van der Waals surface area contributed by atoms with Crippen molar-refractivity contribution in [1.29, 1.82) is 0 Å². The lowest BCUT2D eigenvalue weighted by Crippen LogP contribution is -2.38. The molecular formula is C12H13ClFN3S. The summed E-state index contributed by atoms with van der Waals surface area (Å²) in [7, 11) is 0. The molecule has 96 valence electrons. The highest BCUT2D eigenvalue weighted by Crippen LogP contribution is 2.20. The molecule has 0 saturated heterocycles. The second kappa shape index (κ2) is 6.24. The summed E-state index contributed by atoms with van der Waals surface area (Å²) in [6.45, 7) is 0. The van der Waals surface area contributed by atoms with E-state index in [-0.39, 0.29) is 16.9 Å².